The van der Waals surface area contributed by atoms with E-state index in [9.17, 15) is 4.79 Å². The number of hydrogen-bond donors (Lipinski definition) is 0. The summed E-state index contributed by atoms with van der Waals surface area (Å²) < 4.78 is 20.6. The van der Waals surface area contributed by atoms with Gasteiger partial charge in [-0.2, -0.15) is 5.06 Å². The van der Waals surface area contributed by atoms with Gasteiger partial charge in [-0.1, -0.05) is 71.9 Å². The zero-order valence-electron chi connectivity index (χ0n) is 26.4. The topological polar surface area (TPSA) is 57.2 Å². The van der Waals surface area contributed by atoms with Crippen LogP contribution in [0.5, 0.6) is 0 Å². The Balaban J connectivity index is 2.61. The molecule has 3 atom stereocenters. The number of ketones is 1. The summed E-state index contributed by atoms with van der Waals surface area (Å²) in [6.07, 6.45) is -0.655. The van der Waals surface area contributed by atoms with Gasteiger partial charge in [0, 0.05) is 6.42 Å². The molecule has 1 aromatic rings. The van der Waals surface area contributed by atoms with Crippen molar-refractivity contribution >= 4 is 22.4 Å². The standard InChI is InChI=1S/C30H55NO5Si2/c1-14-33-31(21-23-18-16-15-17-19-23)26-24(32)20-30(8,9)35-25(22-34-37(10,11)28(2,3)4)27(26)36-38(12,13)29(5,6)7/h15-19,25-27H,14,20-22H2,1-13H3/t25?,26-,27-/m1/s1. The van der Waals surface area contributed by atoms with Crippen LogP contribution in [0.25, 0.3) is 0 Å². The molecule has 38 heavy (non-hydrogen) atoms. The molecule has 8 heteroatoms. The highest BCUT2D eigenvalue weighted by Crippen LogP contribution is 2.42. The average molecular weight is 566 g/mol. The van der Waals surface area contributed by atoms with E-state index in [-0.39, 0.29) is 22.3 Å². The van der Waals surface area contributed by atoms with Crippen LogP contribution in [0.4, 0.5) is 0 Å². The van der Waals surface area contributed by atoms with Gasteiger partial charge in [-0.15, -0.1) is 0 Å². The van der Waals surface area contributed by atoms with Gasteiger partial charge in [-0.05, 0) is 62.6 Å². The van der Waals surface area contributed by atoms with Crippen molar-refractivity contribution < 1.29 is 23.2 Å². The zero-order valence-corrected chi connectivity index (χ0v) is 28.4. The molecule has 1 fully saturated rings. The molecular formula is C30H55NO5Si2. The van der Waals surface area contributed by atoms with Crippen LogP contribution in [0.3, 0.4) is 0 Å². The van der Waals surface area contributed by atoms with Gasteiger partial charge in [0.05, 0.1) is 31.5 Å². The van der Waals surface area contributed by atoms with Crippen LogP contribution >= 0.6 is 0 Å². The van der Waals surface area contributed by atoms with Gasteiger partial charge in [0.25, 0.3) is 0 Å². The van der Waals surface area contributed by atoms with Gasteiger partial charge >= 0.3 is 0 Å². The van der Waals surface area contributed by atoms with E-state index in [1.165, 1.54) is 0 Å². The molecule has 0 radical (unpaired) electrons. The first-order valence-corrected chi connectivity index (χ1v) is 20.0. The zero-order chi connectivity index (χ0) is 29.2. The lowest BCUT2D eigenvalue weighted by Gasteiger charge is -2.45. The molecule has 0 saturated carbocycles. The lowest BCUT2D eigenvalue weighted by molar-refractivity contribution is -0.217. The number of carbonyl (C=O) groups is 1. The molecule has 1 aliphatic rings. The van der Waals surface area contributed by atoms with Crippen LogP contribution in [-0.2, 0) is 29.8 Å². The van der Waals surface area contributed by atoms with E-state index in [0.29, 0.717) is 19.8 Å². The molecule has 1 saturated heterocycles. The van der Waals surface area contributed by atoms with Crippen LogP contribution in [0, 0.1) is 0 Å². The van der Waals surface area contributed by atoms with E-state index in [0.717, 1.165) is 5.56 Å². The minimum absolute atomic E-state index is 0.0386. The summed E-state index contributed by atoms with van der Waals surface area (Å²) in [6.45, 7) is 29.7. The van der Waals surface area contributed by atoms with Crippen molar-refractivity contribution in [1.29, 1.82) is 0 Å². The first-order chi connectivity index (χ1) is 17.2. The summed E-state index contributed by atoms with van der Waals surface area (Å²) in [4.78, 5) is 20.3. The molecule has 0 aromatic heterocycles. The normalized spacial score (nSPS) is 23.5. The van der Waals surface area contributed by atoms with Crippen molar-refractivity contribution in [3.63, 3.8) is 0 Å². The molecule has 6 nitrogen and oxygen atoms in total. The summed E-state index contributed by atoms with van der Waals surface area (Å²) in [5.74, 6) is 0.0814. The fraction of sp³-hybridized carbons (Fsp3) is 0.767. The monoisotopic (exact) mass is 565 g/mol. The molecule has 0 aliphatic carbocycles. The molecule has 218 valence electrons. The summed E-state index contributed by atoms with van der Waals surface area (Å²) in [5, 5.41) is 1.87. The number of Topliss-reactive ketones (excluding diaryl/α,β-unsaturated/α-hetero) is 1. The summed E-state index contributed by atoms with van der Waals surface area (Å²) >= 11 is 0. The predicted molar refractivity (Wildman–Crippen MR) is 161 cm³/mol. The second-order valence-electron chi connectivity index (χ2n) is 14.4. The number of benzene rings is 1. The van der Waals surface area contributed by atoms with Gasteiger partial charge in [0.15, 0.2) is 22.4 Å². The first kappa shape index (κ1) is 33.3. The molecule has 1 aromatic carbocycles. The number of ether oxygens (including phenoxy) is 1. The van der Waals surface area contributed by atoms with E-state index in [4.69, 9.17) is 18.4 Å². The molecule has 0 bridgehead atoms. The Morgan fingerprint density at radius 1 is 0.974 bits per heavy atom. The van der Waals surface area contributed by atoms with Crippen molar-refractivity contribution in [2.24, 2.45) is 0 Å². The molecule has 0 amide bonds. The molecule has 2 rings (SSSR count). The SMILES string of the molecule is CCON(Cc1ccccc1)[C@@H]1C(=O)CC(C)(C)OC(CO[Si](C)(C)C(C)(C)C)[C@H]1O[Si](C)(C)C(C)(C)C. The molecule has 1 aliphatic heterocycles. The minimum Gasteiger partial charge on any atom is -0.414 e. The Morgan fingerprint density at radius 2 is 1.53 bits per heavy atom. The molecular weight excluding hydrogens is 511 g/mol. The lowest BCUT2D eigenvalue weighted by Crippen LogP contribution is -2.59. The predicted octanol–water partition coefficient (Wildman–Crippen LogP) is 7.36. The highest BCUT2D eigenvalue weighted by atomic mass is 28.4. The fourth-order valence-corrected chi connectivity index (χ4v) is 6.53. The maximum absolute atomic E-state index is 14.1. The van der Waals surface area contributed by atoms with Crippen molar-refractivity contribution in [2.45, 2.75) is 135 Å². The van der Waals surface area contributed by atoms with Crippen LogP contribution in [0.2, 0.25) is 36.3 Å². The number of carbonyl (C=O) groups excluding carboxylic acids is 1. The van der Waals surface area contributed by atoms with Crippen LogP contribution in [0.1, 0.15) is 74.3 Å². The Hall–Kier alpha value is -0.876. The number of nitrogens with zero attached hydrogens (tertiary/aromatic N) is 1. The largest absolute Gasteiger partial charge is 0.414 e. The molecule has 1 heterocycles. The minimum atomic E-state index is -2.31. The lowest BCUT2D eigenvalue weighted by atomic mass is 9.95. The Labute approximate surface area is 235 Å². The maximum atomic E-state index is 14.1. The number of hydrogen-bond acceptors (Lipinski definition) is 6. The second kappa shape index (κ2) is 12.3. The third kappa shape index (κ3) is 8.56. The van der Waals surface area contributed by atoms with Crippen LogP contribution in [0.15, 0.2) is 30.3 Å². The van der Waals surface area contributed by atoms with E-state index >= 15 is 0 Å². The second-order valence-corrected chi connectivity index (χ2v) is 24.0. The van der Waals surface area contributed by atoms with Gasteiger partial charge in [-0.25, -0.2) is 0 Å². The smallest absolute Gasteiger partial charge is 0.192 e. The van der Waals surface area contributed by atoms with Gasteiger partial charge in [-0.3, -0.25) is 9.63 Å². The van der Waals surface area contributed by atoms with E-state index in [1.807, 2.05) is 44.0 Å². The van der Waals surface area contributed by atoms with Crippen molar-refractivity contribution in [3.8, 4) is 0 Å². The quantitative estimate of drug-likeness (QED) is 0.218. The van der Waals surface area contributed by atoms with Crippen LogP contribution in [-0.4, -0.2) is 64.5 Å². The van der Waals surface area contributed by atoms with E-state index in [2.05, 4.69) is 79.9 Å². The van der Waals surface area contributed by atoms with Crippen molar-refractivity contribution in [2.75, 3.05) is 13.2 Å². The fourth-order valence-electron chi connectivity index (χ4n) is 4.20. The van der Waals surface area contributed by atoms with Gasteiger partial charge < -0.3 is 13.6 Å². The highest BCUT2D eigenvalue weighted by Gasteiger charge is 2.51. The Bertz CT molecular complexity index is 905. The average Bonchev–Trinajstić information content (AvgIpc) is 2.83. The highest BCUT2D eigenvalue weighted by molar-refractivity contribution is 6.74. The Morgan fingerprint density at radius 3 is 2.03 bits per heavy atom. The third-order valence-corrected chi connectivity index (χ3v) is 17.5. The molecule has 0 N–H and O–H groups in total. The Kier molecular flexibility index (Phi) is 10.8. The van der Waals surface area contributed by atoms with Crippen molar-refractivity contribution in [1.82, 2.24) is 5.06 Å². The first-order valence-electron chi connectivity index (χ1n) is 14.2. The van der Waals surface area contributed by atoms with Gasteiger partial charge in [0.2, 0.25) is 0 Å². The summed E-state index contributed by atoms with van der Waals surface area (Å²) in [6, 6.07) is 9.54. The van der Waals surface area contributed by atoms with Crippen molar-refractivity contribution in [3.05, 3.63) is 35.9 Å². The van der Waals surface area contributed by atoms with Crippen LogP contribution < -0.4 is 0 Å². The summed E-state index contributed by atoms with van der Waals surface area (Å²) in [5.41, 5.74) is 0.436. The molecule has 1 unspecified atom stereocenters. The van der Waals surface area contributed by atoms with Gasteiger partial charge in [0.1, 0.15) is 12.1 Å². The van der Waals surface area contributed by atoms with E-state index in [1.54, 1.807) is 0 Å². The van der Waals surface area contributed by atoms with E-state index < -0.39 is 40.5 Å². The third-order valence-electron chi connectivity index (χ3n) is 8.52. The number of hydroxylamine groups is 2. The molecule has 0 spiro atoms. The maximum Gasteiger partial charge on any atom is 0.192 e. The number of rotatable bonds is 10. The summed E-state index contributed by atoms with van der Waals surface area (Å²) in [7, 11) is -4.38.